The molecule has 0 bridgehead atoms. The van der Waals surface area contributed by atoms with Crippen LogP contribution in [0.4, 0.5) is 5.69 Å². The fourth-order valence-electron chi connectivity index (χ4n) is 1.20. The number of hydrogen-bond acceptors (Lipinski definition) is 3. The third-order valence-corrected chi connectivity index (χ3v) is 2.40. The van der Waals surface area contributed by atoms with Gasteiger partial charge >= 0.3 is 0 Å². The monoisotopic (exact) mass is 241 g/mol. The SMILES string of the molecule is Cn1ncc(N)c1-c1[nH]ncc1Br. The molecular formula is C7H8BrN5. The van der Waals surface area contributed by atoms with Crippen LogP contribution in [0.1, 0.15) is 0 Å². The van der Waals surface area contributed by atoms with Crippen LogP contribution in [0.25, 0.3) is 11.4 Å². The fraction of sp³-hybridized carbons (Fsp3) is 0.143. The van der Waals surface area contributed by atoms with E-state index in [1.807, 2.05) is 7.05 Å². The maximum atomic E-state index is 5.75. The Bertz CT molecular complexity index is 410. The highest BCUT2D eigenvalue weighted by atomic mass is 79.9. The molecule has 68 valence electrons. The minimum absolute atomic E-state index is 0.632. The van der Waals surface area contributed by atoms with Crippen molar-refractivity contribution in [2.24, 2.45) is 7.05 Å². The van der Waals surface area contributed by atoms with Crippen LogP contribution in [-0.2, 0) is 7.05 Å². The molecule has 13 heavy (non-hydrogen) atoms. The lowest BCUT2D eigenvalue weighted by atomic mass is 10.3. The third kappa shape index (κ3) is 1.23. The maximum absolute atomic E-state index is 5.75. The normalized spacial score (nSPS) is 10.6. The number of nitrogen functional groups attached to an aromatic ring is 1. The average molecular weight is 242 g/mol. The molecule has 0 aliphatic heterocycles. The van der Waals surface area contributed by atoms with Gasteiger partial charge in [0.05, 0.1) is 28.2 Å². The van der Waals surface area contributed by atoms with Crippen LogP contribution in [0.5, 0.6) is 0 Å². The van der Waals surface area contributed by atoms with Crippen molar-refractivity contribution in [3.8, 4) is 11.4 Å². The number of anilines is 1. The predicted molar refractivity (Wildman–Crippen MR) is 52.9 cm³/mol. The van der Waals surface area contributed by atoms with Gasteiger partial charge in [0.1, 0.15) is 5.69 Å². The van der Waals surface area contributed by atoms with E-state index in [4.69, 9.17) is 5.73 Å². The third-order valence-electron chi connectivity index (χ3n) is 1.80. The summed E-state index contributed by atoms with van der Waals surface area (Å²) in [7, 11) is 1.83. The molecule has 0 atom stereocenters. The van der Waals surface area contributed by atoms with Crippen LogP contribution in [0.3, 0.4) is 0 Å². The Kier molecular flexibility index (Phi) is 1.84. The lowest BCUT2D eigenvalue weighted by Crippen LogP contribution is -1.96. The van der Waals surface area contributed by atoms with E-state index >= 15 is 0 Å². The summed E-state index contributed by atoms with van der Waals surface area (Å²) >= 11 is 3.37. The van der Waals surface area contributed by atoms with Gasteiger partial charge in [0, 0.05) is 7.05 Å². The van der Waals surface area contributed by atoms with Crippen LogP contribution in [-0.4, -0.2) is 20.0 Å². The number of H-pyrrole nitrogens is 1. The molecule has 0 aliphatic rings. The predicted octanol–water partition coefficient (Wildman–Crippen LogP) is 1.15. The fourth-order valence-corrected chi connectivity index (χ4v) is 1.58. The first-order valence-electron chi connectivity index (χ1n) is 3.67. The molecule has 2 aromatic heterocycles. The molecule has 6 heteroatoms. The van der Waals surface area contributed by atoms with E-state index in [-0.39, 0.29) is 0 Å². The molecule has 0 aromatic carbocycles. The van der Waals surface area contributed by atoms with E-state index < -0.39 is 0 Å². The van der Waals surface area contributed by atoms with Crippen LogP contribution in [0.15, 0.2) is 16.9 Å². The highest BCUT2D eigenvalue weighted by Gasteiger charge is 2.12. The number of halogens is 1. The number of nitrogens with one attached hydrogen (secondary N) is 1. The van der Waals surface area contributed by atoms with Gasteiger partial charge < -0.3 is 5.73 Å². The number of aromatic amines is 1. The van der Waals surface area contributed by atoms with Crippen molar-refractivity contribution in [2.75, 3.05) is 5.73 Å². The Balaban J connectivity index is 2.64. The molecule has 3 N–H and O–H groups in total. The van der Waals surface area contributed by atoms with Crippen molar-refractivity contribution in [1.29, 1.82) is 0 Å². The first kappa shape index (κ1) is 8.31. The summed E-state index contributed by atoms with van der Waals surface area (Å²) in [5.74, 6) is 0. The van der Waals surface area contributed by atoms with Crippen molar-refractivity contribution in [3.05, 3.63) is 16.9 Å². The van der Waals surface area contributed by atoms with E-state index in [9.17, 15) is 0 Å². The summed E-state index contributed by atoms with van der Waals surface area (Å²) in [6, 6.07) is 0. The summed E-state index contributed by atoms with van der Waals surface area (Å²) in [6.45, 7) is 0. The maximum Gasteiger partial charge on any atom is 0.110 e. The van der Waals surface area contributed by atoms with Crippen LogP contribution < -0.4 is 5.73 Å². The molecule has 5 nitrogen and oxygen atoms in total. The van der Waals surface area contributed by atoms with Crippen molar-refractivity contribution in [1.82, 2.24) is 20.0 Å². The zero-order chi connectivity index (χ0) is 9.42. The van der Waals surface area contributed by atoms with Crippen molar-refractivity contribution < 1.29 is 0 Å². The summed E-state index contributed by atoms with van der Waals surface area (Å²) < 4.78 is 2.58. The van der Waals surface area contributed by atoms with Crippen LogP contribution in [0.2, 0.25) is 0 Å². The quantitative estimate of drug-likeness (QED) is 0.787. The van der Waals surface area contributed by atoms with Crippen LogP contribution >= 0.6 is 15.9 Å². The van der Waals surface area contributed by atoms with Gasteiger partial charge in [0.25, 0.3) is 0 Å². The zero-order valence-electron chi connectivity index (χ0n) is 6.95. The van der Waals surface area contributed by atoms with Gasteiger partial charge in [-0.15, -0.1) is 0 Å². The largest absolute Gasteiger partial charge is 0.396 e. The second-order valence-electron chi connectivity index (χ2n) is 2.67. The standard InChI is InChI=1S/C7H8BrN5/c1-13-7(5(9)3-11-13)6-4(8)2-10-12-6/h2-3H,9H2,1H3,(H,10,12). The van der Waals surface area contributed by atoms with Gasteiger partial charge in [-0.05, 0) is 15.9 Å². The Hall–Kier alpha value is -1.30. The number of aromatic nitrogens is 4. The lowest BCUT2D eigenvalue weighted by molar-refractivity contribution is 0.772. The molecule has 2 rings (SSSR count). The first-order valence-corrected chi connectivity index (χ1v) is 4.46. The molecule has 0 saturated carbocycles. The van der Waals surface area contributed by atoms with Gasteiger partial charge in [-0.3, -0.25) is 9.78 Å². The number of aryl methyl sites for hydroxylation is 1. The minimum Gasteiger partial charge on any atom is -0.396 e. The van der Waals surface area contributed by atoms with E-state index in [0.717, 1.165) is 15.9 Å². The van der Waals surface area contributed by atoms with Gasteiger partial charge in [0.15, 0.2) is 0 Å². The van der Waals surface area contributed by atoms with Crippen molar-refractivity contribution in [2.45, 2.75) is 0 Å². The molecule has 0 aliphatic carbocycles. The summed E-state index contributed by atoms with van der Waals surface area (Å²) in [5.41, 5.74) is 8.06. The smallest absolute Gasteiger partial charge is 0.110 e. The van der Waals surface area contributed by atoms with Gasteiger partial charge in [-0.1, -0.05) is 0 Å². The van der Waals surface area contributed by atoms with Gasteiger partial charge in [0.2, 0.25) is 0 Å². The summed E-state index contributed by atoms with van der Waals surface area (Å²) in [6.07, 6.45) is 3.30. The van der Waals surface area contributed by atoms with Crippen molar-refractivity contribution >= 4 is 21.6 Å². The van der Waals surface area contributed by atoms with E-state index in [2.05, 4.69) is 31.2 Å². The Labute approximate surface area is 83.1 Å². The zero-order valence-corrected chi connectivity index (χ0v) is 8.54. The Morgan fingerprint density at radius 3 is 2.77 bits per heavy atom. The molecule has 0 unspecified atom stereocenters. The number of rotatable bonds is 1. The number of nitrogens with zero attached hydrogens (tertiary/aromatic N) is 3. The molecule has 0 spiro atoms. The van der Waals surface area contributed by atoms with E-state index in [0.29, 0.717) is 5.69 Å². The molecular weight excluding hydrogens is 234 g/mol. The minimum atomic E-state index is 0.632. The molecule has 0 saturated heterocycles. The molecule has 0 fully saturated rings. The topological polar surface area (TPSA) is 72.5 Å². The Morgan fingerprint density at radius 2 is 2.31 bits per heavy atom. The number of nitrogens with two attached hydrogens (primary N) is 1. The second-order valence-corrected chi connectivity index (χ2v) is 3.52. The van der Waals surface area contributed by atoms with Crippen LogP contribution in [0, 0.1) is 0 Å². The van der Waals surface area contributed by atoms with Gasteiger partial charge in [-0.2, -0.15) is 10.2 Å². The molecule has 0 radical (unpaired) electrons. The van der Waals surface area contributed by atoms with E-state index in [1.165, 1.54) is 0 Å². The number of hydrogen-bond donors (Lipinski definition) is 2. The highest BCUT2D eigenvalue weighted by molar-refractivity contribution is 9.10. The highest BCUT2D eigenvalue weighted by Crippen LogP contribution is 2.28. The average Bonchev–Trinajstić information content (AvgIpc) is 2.60. The lowest BCUT2D eigenvalue weighted by Gasteiger charge is -2.00. The van der Waals surface area contributed by atoms with E-state index in [1.54, 1.807) is 17.1 Å². The summed E-state index contributed by atoms with van der Waals surface area (Å²) in [4.78, 5) is 0. The second kappa shape index (κ2) is 2.88. The first-order chi connectivity index (χ1) is 6.20. The van der Waals surface area contributed by atoms with Gasteiger partial charge in [-0.25, -0.2) is 0 Å². The molecule has 0 amide bonds. The molecule has 2 aromatic rings. The Morgan fingerprint density at radius 1 is 1.54 bits per heavy atom. The van der Waals surface area contributed by atoms with Crippen molar-refractivity contribution in [3.63, 3.8) is 0 Å². The summed E-state index contributed by atoms with van der Waals surface area (Å²) in [5, 5.41) is 10.8. The molecule has 2 heterocycles.